The summed E-state index contributed by atoms with van der Waals surface area (Å²) >= 11 is 0. The standard InChI is InChI=1S/C19H26N4O2/c1-14-12-22(13-15(2)25-14)19(24)11-20-16(3)17-7-4-5-8-18(17)23-10-6-9-21-23/h4-10,14-16,20H,11-13H2,1-3H3/t14-,15+,16-/m1/s1. The minimum absolute atomic E-state index is 0.0419. The quantitative estimate of drug-likeness (QED) is 0.905. The van der Waals surface area contributed by atoms with Gasteiger partial charge in [0.05, 0.1) is 24.4 Å². The van der Waals surface area contributed by atoms with Gasteiger partial charge in [-0.05, 0) is 38.5 Å². The average molecular weight is 342 g/mol. The molecule has 1 fully saturated rings. The van der Waals surface area contributed by atoms with Crippen molar-refractivity contribution in [2.75, 3.05) is 19.6 Å². The Hall–Kier alpha value is -2.18. The molecule has 25 heavy (non-hydrogen) atoms. The summed E-state index contributed by atoms with van der Waals surface area (Å²) in [6.45, 7) is 7.71. The van der Waals surface area contributed by atoms with Crippen LogP contribution in [0.5, 0.6) is 0 Å². The molecule has 1 N–H and O–H groups in total. The lowest BCUT2D eigenvalue weighted by Crippen LogP contribution is -2.50. The van der Waals surface area contributed by atoms with Gasteiger partial charge in [-0.3, -0.25) is 4.79 Å². The van der Waals surface area contributed by atoms with E-state index in [1.54, 1.807) is 6.20 Å². The highest BCUT2D eigenvalue weighted by Gasteiger charge is 2.26. The second kappa shape index (κ2) is 7.80. The van der Waals surface area contributed by atoms with Crippen molar-refractivity contribution >= 4 is 5.91 Å². The number of nitrogens with one attached hydrogen (secondary N) is 1. The molecule has 1 amide bonds. The first kappa shape index (κ1) is 17.6. The van der Waals surface area contributed by atoms with Gasteiger partial charge in [0.1, 0.15) is 0 Å². The van der Waals surface area contributed by atoms with Crippen molar-refractivity contribution in [2.45, 2.75) is 39.0 Å². The topological polar surface area (TPSA) is 59.4 Å². The SMILES string of the molecule is C[C@@H]1CN(C(=O)CN[C@H](C)c2ccccc2-n2cccn2)C[C@H](C)O1. The summed E-state index contributed by atoms with van der Waals surface area (Å²) in [7, 11) is 0. The maximum absolute atomic E-state index is 12.5. The molecule has 0 radical (unpaired) electrons. The molecule has 0 saturated carbocycles. The molecule has 6 nitrogen and oxygen atoms in total. The van der Waals surface area contributed by atoms with E-state index < -0.39 is 0 Å². The van der Waals surface area contributed by atoms with E-state index in [0.29, 0.717) is 19.6 Å². The van der Waals surface area contributed by atoms with Gasteiger partial charge in [-0.1, -0.05) is 18.2 Å². The molecule has 6 heteroatoms. The lowest BCUT2D eigenvalue weighted by molar-refractivity contribution is -0.142. The van der Waals surface area contributed by atoms with Gasteiger partial charge in [-0.15, -0.1) is 0 Å². The second-order valence-electron chi connectivity index (χ2n) is 6.67. The van der Waals surface area contributed by atoms with E-state index in [-0.39, 0.29) is 24.2 Å². The first-order chi connectivity index (χ1) is 12.0. The molecule has 0 unspecified atom stereocenters. The smallest absolute Gasteiger partial charge is 0.236 e. The highest BCUT2D eigenvalue weighted by Crippen LogP contribution is 2.21. The van der Waals surface area contributed by atoms with Gasteiger partial charge in [0.25, 0.3) is 0 Å². The van der Waals surface area contributed by atoms with Crippen LogP contribution in [0.2, 0.25) is 0 Å². The van der Waals surface area contributed by atoms with Crippen LogP contribution in [0.25, 0.3) is 5.69 Å². The maximum atomic E-state index is 12.5. The number of carbonyl (C=O) groups excluding carboxylic acids is 1. The summed E-state index contributed by atoms with van der Waals surface area (Å²) in [6, 6.07) is 10.0. The number of carbonyl (C=O) groups is 1. The molecule has 2 aromatic rings. The van der Waals surface area contributed by atoms with Gasteiger partial charge < -0.3 is 15.0 Å². The van der Waals surface area contributed by atoms with Crippen molar-refractivity contribution in [3.63, 3.8) is 0 Å². The Morgan fingerprint density at radius 1 is 1.28 bits per heavy atom. The van der Waals surface area contributed by atoms with Gasteiger partial charge in [-0.2, -0.15) is 5.10 Å². The van der Waals surface area contributed by atoms with Crippen molar-refractivity contribution in [1.29, 1.82) is 0 Å². The molecule has 3 rings (SSSR count). The van der Waals surface area contributed by atoms with Crippen LogP contribution in [0, 0.1) is 0 Å². The predicted molar refractivity (Wildman–Crippen MR) is 96.6 cm³/mol. The number of hydrogen-bond donors (Lipinski definition) is 1. The number of ether oxygens (including phenoxy) is 1. The summed E-state index contributed by atoms with van der Waals surface area (Å²) in [5.74, 6) is 0.116. The summed E-state index contributed by atoms with van der Waals surface area (Å²) in [4.78, 5) is 14.4. The molecular weight excluding hydrogens is 316 g/mol. The molecule has 1 aliphatic heterocycles. The van der Waals surface area contributed by atoms with Crippen LogP contribution in [-0.2, 0) is 9.53 Å². The third-order valence-electron chi connectivity index (χ3n) is 4.49. The zero-order valence-corrected chi connectivity index (χ0v) is 15.1. The number of aromatic nitrogens is 2. The fourth-order valence-corrected chi connectivity index (χ4v) is 3.32. The summed E-state index contributed by atoms with van der Waals surface area (Å²) in [6.07, 6.45) is 3.86. The lowest BCUT2D eigenvalue weighted by Gasteiger charge is -2.35. The van der Waals surface area contributed by atoms with Crippen molar-refractivity contribution in [2.24, 2.45) is 0 Å². The number of rotatable bonds is 5. The molecule has 2 heterocycles. The van der Waals surface area contributed by atoms with Gasteiger partial charge in [0.15, 0.2) is 0 Å². The van der Waals surface area contributed by atoms with Gasteiger partial charge in [-0.25, -0.2) is 4.68 Å². The minimum atomic E-state index is 0.0419. The normalized spacial score (nSPS) is 22.0. The van der Waals surface area contributed by atoms with E-state index in [2.05, 4.69) is 23.4 Å². The highest BCUT2D eigenvalue weighted by molar-refractivity contribution is 5.78. The van der Waals surface area contributed by atoms with Crippen LogP contribution in [0.15, 0.2) is 42.7 Å². The Morgan fingerprint density at radius 3 is 2.68 bits per heavy atom. The Bertz CT molecular complexity index is 691. The number of para-hydroxylation sites is 1. The number of amides is 1. The van der Waals surface area contributed by atoms with E-state index >= 15 is 0 Å². The van der Waals surface area contributed by atoms with Gasteiger partial charge >= 0.3 is 0 Å². The van der Waals surface area contributed by atoms with E-state index in [9.17, 15) is 4.79 Å². The van der Waals surface area contributed by atoms with E-state index in [1.165, 1.54) is 0 Å². The monoisotopic (exact) mass is 342 g/mol. The van der Waals surface area contributed by atoms with Gasteiger partial charge in [0, 0.05) is 31.5 Å². The molecular formula is C19H26N4O2. The molecule has 1 aliphatic rings. The first-order valence-electron chi connectivity index (χ1n) is 8.80. The zero-order valence-electron chi connectivity index (χ0n) is 15.1. The third kappa shape index (κ3) is 4.27. The molecule has 1 saturated heterocycles. The summed E-state index contributed by atoms with van der Waals surface area (Å²) in [5.41, 5.74) is 2.14. The van der Waals surface area contributed by atoms with Crippen LogP contribution < -0.4 is 5.32 Å². The number of morpholine rings is 1. The van der Waals surface area contributed by atoms with Crippen LogP contribution in [0.1, 0.15) is 32.4 Å². The third-order valence-corrected chi connectivity index (χ3v) is 4.49. The second-order valence-corrected chi connectivity index (χ2v) is 6.67. The minimum Gasteiger partial charge on any atom is -0.372 e. The molecule has 1 aromatic heterocycles. The lowest BCUT2D eigenvalue weighted by atomic mass is 10.1. The Labute approximate surface area is 148 Å². The van der Waals surface area contributed by atoms with Crippen molar-refractivity contribution in [1.82, 2.24) is 20.0 Å². The largest absolute Gasteiger partial charge is 0.372 e. The Kier molecular flexibility index (Phi) is 5.50. The van der Waals surface area contributed by atoms with Crippen molar-refractivity contribution in [3.8, 4) is 5.69 Å². The zero-order chi connectivity index (χ0) is 17.8. The van der Waals surface area contributed by atoms with Crippen LogP contribution in [0.3, 0.4) is 0 Å². The van der Waals surface area contributed by atoms with Crippen LogP contribution in [-0.4, -0.2) is 52.4 Å². The maximum Gasteiger partial charge on any atom is 0.236 e. The molecule has 0 aliphatic carbocycles. The Balaban J connectivity index is 1.63. The highest BCUT2D eigenvalue weighted by atomic mass is 16.5. The summed E-state index contributed by atoms with van der Waals surface area (Å²) in [5, 5.41) is 7.67. The molecule has 134 valence electrons. The van der Waals surface area contributed by atoms with Gasteiger partial charge in [0.2, 0.25) is 5.91 Å². The van der Waals surface area contributed by atoms with E-state index in [1.807, 2.05) is 53.9 Å². The number of nitrogens with zero attached hydrogens (tertiary/aromatic N) is 3. The number of benzene rings is 1. The fourth-order valence-electron chi connectivity index (χ4n) is 3.32. The molecule has 0 spiro atoms. The van der Waals surface area contributed by atoms with Crippen LogP contribution >= 0.6 is 0 Å². The fraction of sp³-hybridized carbons (Fsp3) is 0.474. The van der Waals surface area contributed by atoms with Crippen LogP contribution in [0.4, 0.5) is 0 Å². The molecule has 0 bridgehead atoms. The average Bonchev–Trinajstić information content (AvgIpc) is 3.13. The Morgan fingerprint density at radius 2 is 2.00 bits per heavy atom. The molecule has 3 atom stereocenters. The van der Waals surface area contributed by atoms with Crippen molar-refractivity contribution < 1.29 is 9.53 Å². The van der Waals surface area contributed by atoms with Crippen molar-refractivity contribution in [3.05, 3.63) is 48.3 Å². The first-order valence-corrected chi connectivity index (χ1v) is 8.80. The number of hydrogen-bond acceptors (Lipinski definition) is 4. The summed E-state index contributed by atoms with van der Waals surface area (Å²) < 4.78 is 7.54. The van der Waals surface area contributed by atoms with E-state index in [0.717, 1.165) is 11.3 Å². The predicted octanol–water partition coefficient (Wildman–Crippen LogP) is 2.16. The molecule has 1 aromatic carbocycles. The van der Waals surface area contributed by atoms with E-state index in [4.69, 9.17) is 4.74 Å².